The molecule has 5 heteroatoms. The van der Waals surface area contributed by atoms with Crippen LogP contribution in [0.1, 0.15) is 26.7 Å². The minimum atomic E-state index is -0.287. The van der Waals surface area contributed by atoms with E-state index in [4.69, 9.17) is 4.74 Å². The summed E-state index contributed by atoms with van der Waals surface area (Å²) >= 11 is 3.68. The summed E-state index contributed by atoms with van der Waals surface area (Å²) in [5, 5.41) is 2.40. The first kappa shape index (κ1) is 14.8. The average Bonchev–Trinajstić information content (AvgIpc) is 2.26. The van der Waals surface area contributed by atoms with E-state index in [0.717, 1.165) is 32.2 Å². The topological polar surface area (TPSA) is 41.6 Å². The van der Waals surface area contributed by atoms with Crippen molar-refractivity contribution in [1.29, 1.82) is 0 Å². The Kier molecular flexibility index (Phi) is 6.92. The van der Waals surface area contributed by atoms with Crippen molar-refractivity contribution >= 4 is 17.9 Å². The van der Waals surface area contributed by atoms with Gasteiger partial charge in [0, 0.05) is 19.6 Å². The predicted octanol–water partition coefficient (Wildman–Crippen LogP) is 1.76. The Labute approximate surface area is 109 Å². The van der Waals surface area contributed by atoms with E-state index in [0.29, 0.717) is 6.54 Å². The van der Waals surface area contributed by atoms with Crippen LogP contribution in [0, 0.1) is 5.92 Å². The Morgan fingerprint density at radius 1 is 1.59 bits per heavy atom. The first-order valence-electron chi connectivity index (χ1n) is 6.38. The highest BCUT2D eigenvalue weighted by molar-refractivity contribution is 7.96. The van der Waals surface area contributed by atoms with E-state index in [1.807, 2.05) is 0 Å². The molecular weight excluding hydrogens is 236 g/mol. The zero-order valence-corrected chi connectivity index (χ0v) is 11.7. The van der Waals surface area contributed by atoms with E-state index in [9.17, 15) is 4.79 Å². The molecule has 0 aliphatic carbocycles. The summed E-state index contributed by atoms with van der Waals surface area (Å²) in [6.07, 6.45) is 2.62. The van der Waals surface area contributed by atoms with Crippen LogP contribution in [0.5, 0.6) is 0 Å². The van der Waals surface area contributed by atoms with Gasteiger partial charge in [0.2, 0.25) is 0 Å². The molecule has 1 N–H and O–H groups in total. The molecule has 0 unspecified atom stereocenters. The SMILES string of the molecule is CC(C)CCCN1CCO[C@H](CNC(=O)S)C1. The molecule has 100 valence electrons. The van der Waals surface area contributed by atoms with Crippen LogP contribution in [0.2, 0.25) is 0 Å². The van der Waals surface area contributed by atoms with Gasteiger partial charge in [-0.1, -0.05) is 26.5 Å². The second-order valence-corrected chi connectivity index (χ2v) is 5.42. The smallest absolute Gasteiger partial charge is 0.276 e. The summed E-state index contributed by atoms with van der Waals surface area (Å²) < 4.78 is 5.60. The molecule has 1 rings (SSSR count). The predicted molar refractivity (Wildman–Crippen MR) is 72.6 cm³/mol. The quantitative estimate of drug-likeness (QED) is 0.715. The van der Waals surface area contributed by atoms with Crippen molar-refractivity contribution in [2.24, 2.45) is 5.92 Å². The molecule has 1 saturated heterocycles. The number of morpholine rings is 1. The van der Waals surface area contributed by atoms with Gasteiger partial charge in [0.1, 0.15) is 0 Å². The second-order valence-electron chi connectivity index (χ2n) is 5.02. The fourth-order valence-electron chi connectivity index (χ4n) is 2.03. The molecule has 0 radical (unpaired) electrons. The third-order valence-electron chi connectivity index (χ3n) is 2.96. The van der Waals surface area contributed by atoms with Crippen LogP contribution < -0.4 is 5.32 Å². The van der Waals surface area contributed by atoms with Gasteiger partial charge >= 0.3 is 0 Å². The number of hydrogen-bond donors (Lipinski definition) is 2. The minimum Gasteiger partial charge on any atom is -0.374 e. The van der Waals surface area contributed by atoms with Crippen molar-refractivity contribution < 1.29 is 9.53 Å². The lowest BCUT2D eigenvalue weighted by Crippen LogP contribution is -2.47. The molecule has 1 atom stereocenters. The zero-order valence-electron chi connectivity index (χ0n) is 10.8. The van der Waals surface area contributed by atoms with Crippen molar-refractivity contribution in [3.63, 3.8) is 0 Å². The summed E-state index contributed by atoms with van der Waals surface area (Å²) in [4.78, 5) is 13.1. The van der Waals surface area contributed by atoms with Crippen LogP contribution >= 0.6 is 12.6 Å². The summed E-state index contributed by atoms with van der Waals surface area (Å²) in [6.45, 7) is 8.87. The highest BCUT2D eigenvalue weighted by atomic mass is 32.1. The molecule has 1 heterocycles. The largest absolute Gasteiger partial charge is 0.374 e. The van der Waals surface area contributed by atoms with E-state index in [1.165, 1.54) is 12.8 Å². The number of ether oxygens (including phenoxy) is 1. The Morgan fingerprint density at radius 2 is 2.35 bits per heavy atom. The molecule has 4 nitrogen and oxygen atoms in total. The van der Waals surface area contributed by atoms with Crippen molar-refractivity contribution in [1.82, 2.24) is 10.2 Å². The number of carbonyl (C=O) groups is 1. The first-order chi connectivity index (χ1) is 8.08. The van der Waals surface area contributed by atoms with Crippen LogP contribution in [-0.2, 0) is 4.74 Å². The maximum atomic E-state index is 10.7. The maximum absolute atomic E-state index is 10.7. The molecule has 0 saturated carbocycles. The van der Waals surface area contributed by atoms with Gasteiger partial charge in [0.05, 0.1) is 12.7 Å². The fraction of sp³-hybridized carbons (Fsp3) is 0.917. The van der Waals surface area contributed by atoms with Gasteiger partial charge < -0.3 is 10.1 Å². The standard InChI is InChI=1S/C12H24N2O2S/c1-10(2)4-3-5-14-6-7-16-11(9-14)8-13-12(15)17/h10-11H,3-9H2,1-2H3,(H2,13,15,17)/t11-/m1/s1. The number of hydrogen-bond acceptors (Lipinski definition) is 3. The van der Waals surface area contributed by atoms with E-state index in [1.54, 1.807) is 0 Å². The first-order valence-corrected chi connectivity index (χ1v) is 6.83. The molecule has 0 aromatic carbocycles. The van der Waals surface area contributed by atoms with E-state index >= 15 is 0 Å². The zero-order chi connectivity index (χ0) is 12.7. The molecule has 0 aromatic heterocycles. The van der Waals surface area contributed by atoms with E-state index < -0.39 is 0 Å². The van der Waals surface area contributed by atoms with Gasteiger partial charge in [-0.15, -0.1) is 0 Å². The molecule has 0 spiro atoms. The lowest BCUT2D eigenvalue weighted by atomic mass is 10.1. The number of thiol groups is 1. The molecule has 0 bridgehead atoms. The summed E-state index contributed by atoms with van der Waals surface area (Å²) in [5.74, 6) is 0.773. The summed E-state index contributed by atoms with van der Waals surface area (Å²) in [7, 11) is 0. The molecule has 1 amide bonds. The second kappa shape index (κ2) is 7.95. The summed E-state index contributed by atoms with van der Waals surface area (Å²) in [6, 6.07) is 0. The lowest BCUT2D eigenvalue weighted by molar-refractivity contribution is -0.0260. The Hall–Kier alpha value is -0.260. The highest BCUT2D eigenvalue weighted by Gasteiger charge is 2.20. The van der Waals surface area contributed by atoms with Gasteiger partial charge in [0.15, 0.2) is 0 Å². The minimum absolute atomic E-state index is 0.110. The Bertz CT molecular complexity index is 237. The molecule has 1 aliphatic heterocycles. The monoisotopic (exact) mass is 260 g/mol. The van der Waals surface area contributed by atoms with Gasteiger partial charge in [-0.25, -0.2) is 0 Å². The fourth-order valence-corrected chi connectivity index (χ4v) is 2.12. The van der Waals surface area contributed by atoms with Crippen LogP contribution in [-0.4, -0.2) is 49.0 Å². The van der Waals surface area contributed by atoms with Crippen molar-refractivity contribution in [3.8, 4) is 0 Å². The lowest BCUT2D eigenvalue weighted by Gasteiger charge is -2.33. The molecule has 1 aliphatic rings. The van der Waals surface area contributed by atoms with Crippen LogP contribution in [0.3, 0.4) is 0 Å². The van der Waals surface area contributed by atoms with E-state index in [-0.39, 0.29) is 11.3 Å². The number of rotatable bonds is 6. The maximum Gasteiger partial charge on any atom is 0.276 e. The van der Waals surface area contributed by atoms with Gasteiger partial charge in [-0.3, -0.25) is 9.69 Å². The molecule has 0 aromatic rings. The van der Waals surface area contributed by atoms with Gasteiger partial charge in [0.25, 0.3) is 5.24 Å². The van der Waals surface area contributed by atoms with Crippen LogP contribution in [0.4, 0.5) is 4.79 Å². The van der Waals surface area contributed by atoms with Crippen LogP contribution in [0.15, 0.2) is 0 Å². The number of amides is 1. The van der Waals surface area contributed by atoms with Crippen molar-refractivity contribution in [3.05, 3.63) is 0 Å². The molecule has 1 fully saturated rings. The Balaban J connectivity index is 2.17. The van der Waals surface area contributed by atoms with Crippen molar-refractivity contribution in [2.45, 2.75) is 32.8 Å². The number of nitrogens with zero attached hydrogens (tertiary/aromatic N) is 1. The normalized spacial score (nSPS) is 21.8. The highest BCUT2D eigenvalue weighted by Crippen LogP contribution is 2.09. The number of nitrogens with one attached hydrogen (secondary N) is 1. The van der Waals surface area contributed by atoms with Crippen LogP contribution in [0.25, 0.3) is 0 Å². The third-order valence-corrected chi connectivity index (χ3v) is 3.12. The van der Waals surface area contributed by atoms with Crippen molar-refractivity contribution in [2.75, 3.05) is 32.8 Å². The average molecular weight is 260 g/mol. The van der Waals surface area contributed by atoms with E-state index in [2.05, 4.69) is 36.7 Å². The molecular formula is C12H24N2O2S. The van der Waals surface area contributed by atoms with Gasteiger partial charge in [-0.2, -0.15) is 0 Å². The summed E-state index contributed by atoms with van der Waals surface area (Å²) in [5.41, 5.74) is 0. The number of carbonyl (C=O) groups excluding carboxylic acids is 1. The molecule has 17 heavy (non-hydrogen) atoms. The van der Waals surface area contributed by atoms with Gasteiger partial charge in [-0.05, 0) is 25.3 Å². The Morgan fingerprint density at radius 3 is 3.00 bits per heavy atom. The third kappa shape index (κ3) is 6.91.